The number of anilines is 1. The Balaban J connectivity index is 2.32. The van der Waals surface area contributed by atoms with E-state index in [9.17, 15) is 15.0 Å². The van der Waals surface area contributed by atoms with Crippen molar-refractivity contribution in [3.8, 4) is 11.5 Å². The van der Waals surface area contributed by atoms with Crippen LogP contribution in [0.25, 0.3) is 0 Å². The number of hydrogen-bond acceptors (Lipinski definition) is 3. The second-order valence-corrected chi connectivity index (χ2v) is 5.49. The van der Waals surface area contributed by atoms with Gasteiger partial charge in [0.2, 0.25) is 0 Å². The fourth-order valence-electron chi connectivity index (χ4n) is 1.99. The number of halogens is 1. The Kier molecular flexibility index (Phi) is 3.99. The van der Waals surface area contributed by atoms with Crippen LogP contribution in [0.3, 0.4) is 0 Å². The highest BCUT2D eigenvalue weighted by Gasteiger charge is 2.12. The van der Waals surface area contributed by atoms with Gasteiger partial charge in [-0.1, -0.05) is 6.07 Å². The summed E-state index contributed by atoms with van der Waals surface area (Å²) in [6.45, 7) is 3.87. The molecule has 0 aliphatic rings. The quantitative estimate of drug-likeness (QED) is 0.783. The minimum absolute atomic E-state index is 0.158. The van der Waals surface area contributed by atoms with E-state index in [-0.39, 0.29) is 17.1 Å². The Hall–Kier alpha value is -2.01. The van der Waals surface area contributed by atoms with Crippen LogP contribution in [0.1, 0.15) is 21.5 Å². The SMILES string of the molecule is Cc1cc(C)c(NC(=O)c2cc(O)cc(O)c2)c(Br)c1. The number of phenols is 2. The summed E-state index contributed by atoms with van der Waals surface area (Å²) in [5, 5.41) is 21.6. The molecule has 0 aliphatic carbocycles. The zero-order valence-corrected chi connectivity index (χ0v) is 12.7. The molecule has 2 aromatic carbocycles. The van der Waals surface area contributed by atoms with Gasteiger partial charge in [-0.15, -0.1) is 0 Å². The van der Waals surface area contributed by atoms with Gasteiger partial charge < -0.3 is 15.5 Å². The number of carbonyl (C=O) groups is 1. The molecule has 0 bridgehead atoms. The Morgan fingerprint density at radius 2 is 1.65 bits per heavy atom. The van der Waals surface area contributed by atoms with Gasteiger partial charge in [-0.25, -0.2) is 0 Å². The molecule has 0 saturated carbocycles. The maximum absolute atomic E-state index is 12.2. The number of carbonyl (C=O) groups excluding carboxylic acids is 1. The average molecular weight is 336 g/mol. The molecule has 3 N–H and O–H groups in total. The molecule has 0 spiro atoms. The highest BCUT2D eigenvalue weighted by Crippen LogP contribution is 2.29. The summed E-state index contributed by atoms with van der Waals surface area (Å²) < 4.78 is 0.785. The summed E-state index contributed by atoms with van der Waals surface area (Å²) >= 11 is 3.41. The Labute approximate surface area is 125 Å². The summed E-state index contributed by atoms with van der Waals surface area (Å²) in [6, 6.07) is 7.63. The van der Waals surface area contributed by atoms with Gasteiger partial charge in [0.05, 0.1) is 5.69 Å². The smallest absolute Gasteiger partial charge is 0.255 e. The van der Waals surface area contributed by atoms with E-state index < -0.39 is 5.91 Å². The molecule has 0 atom stereocenters. The minimum atomic E-state index is -0.399. The predicted molar refractivity (Wildman–Crippen MR) is 81.3 cm³/mol. The first kappa shape index (κ1) is 14.4. The monoisotopic (exact) mass is 335 g/mol. The van der Waals surface area contributed by atoms with Crippen LogP contribution in [-0.4, -0.2) is 16.1 Å². The van der Waals surface area contributed by atoms with Crippen molar-refractivity contribution < 1.29 is 15.0 Å². The lowest BCUT2D eigenvalue weighted by molar-refractivity contribution is 0.102. The molecular weight excluding hydrogens is 322 g/mol. The van der Waals surface area contributed by atoms with Crippen molar-refractivity contribution in [3.05, 3.63) is 51.5 Å². The summed E-state index contributed by atoms with van der Waals surface area (Å²) in [7, 11) is 0. The standard InChI is InChI=1S/C15H14BrNO3/c1-8-3-9(2)14(13(16)4-8)17-15(20)10-5-11(18)7-12(19)6-10/h3-7,18-19H,1-2H3,(H,17,20). The van der Waals surface area contributed by atoms with E-state index in [4.69, 9.17) is 0 Å². The number of phenolic OH excluding ortho intramolecular Hbond substituents is 2. The number of aryl methyl sites for hydroxylation is 2. The van der Waals surface area contributed by atoms with Crippen LogP contribution in [-0.2, 0) is 0 Å². The largest absolute Gasteiger partial charge is 0.508 e. The molecule has 0 heterocycles. The van der Waals surface area contributed by atoms with Crippen LogP contribution in [0.2, 0.25) is 0 Å². The Morgan fingerprint density at radius 1 is 1.05 bits per heavy atom. The van der Waals surface area contributed by atoms with Gasteiger partial charge in [-0.2, -0.15) is 0 Å². The lowest BCUT2D eigenvalue weighted by Crippen LogP contribution is -2.13. The highest BCUT2D eigenvalue weighted by atomic mass is 79.9. The molecule has 104 valence electrons. The third kappa shape index (κ3) is 3.11. The third-order valence-corrected chi connectivity index (χ3v) is 3.46. The van der Waals surface area contributed by atoms with Gasteiger partial charge in [0.15, 0.2) is 0 Å². The topological polar surface area (TPSA) is 69.6 Å². The molecule has 0 aliphatic heterocycles. The van der Waals surface area contributed by atoms with E-state index in [0.717, 1.165) is 15.6 Å². The lowest BCUT2D eigenvalue weighted by Gasteiger charge is -2.12. The van der Waals surface area contributed by atoms with Gasteiger partial charge in [0.25, 0.3) is 5.91 Å². The molecule has 4 nitrogen and oxygen atoms in total. The second-order valence-electron chi connectivity index (χ2n) is 4.63. The van der Waals surface area contributed by atoms with Gasteiger partial charge in [0, 0.05) is 16.1 Å². The summed E-state index contributed by atoms with van der Waals surface area (Å²) in [4.78, 5) is 12.2. The number of amides is 1. The fraction of sp³-hybridized carbons (Fsp3) is 0.133. The van der Waals surface area contributed by atoms with E-state index in [1.807, 2.05) is 26.0 Å². The molecule has 0 aromatic heterocycles. The van der Waals surface area contributed by atoms with Crippen LogP contribution >= 0.6 is 15.9 Å². The Bertz CT molecular complexity index is 640. The van der Waals surface area contributed by atoms with Crippen LogP contribution in [0.5, 0.6) is 11.5 Å². The maximum Gasteiger partial charge on any atom is 0.255 e. The first-order chi connectivity index (χ1) is 9.36. The van der Waals surface area contributed by atoms with Crippen molar-refractivity contribution in [2.45, 2.75) is 13.8 Å². The first-order valence-electron chi connectivity index (χ1n) is 5.98. The summed E-state index contributed by atoms with van der Waals surface area (Å²) in [5.74, 6) is -0.714. The molecule has 2 aromatic rings. The van der Waals surface area contributed by atoms with Crippen LogP contribution in [0.4, 0.5) is 5.69 Å². The number of rotatable bonds is 2. The van der Waals surface area contributed by atoms with Gasteiger partial charge in [-0.05, 0) is 59.1 Å². The molecule has 0 saturated heterocycles. The van der Waals surface area contributed by atoms with Gasteiger partial charge >= 0.3 is 0 Å². The van der Waals surface area contributed by atoms with Crippen molar-refractivity contribution >= 4 is 27.5 Å². The predicted octanol–water partition coefficient (Wildman–Crippen LogP) is 3.73. The van der Waals surface area contributed by atoms with E-state index in [1.54, 1.807) is 0 Å². The van der Waals surface area contributed by atoms with Crippen molar-refractivity contribution in [1.82, 2.24) is 0 Å². The van der Waals surface area contributed by atoms with Crippen molar-refractivity contribution in [1.29, 1.82) is 0 Å². The number of benzene rings is 2. The normalized spacial score (nSPS) is 10.3. The van der Waals surface area contributed by atoms with E-state index >= 15 is 0 Å². The number of hydrogen-bond donors (Lipinski definition) is 3. The first-order valence-corrected chi connectivity index (χ1v) is 6.77. The number of nitrogens with one attached hydrogen (secondary N) is 1. The number of aromatic hydroxyl groups is 2. The van der Waals surface area contributed by atoms with Crippen molar-refractivity contribution in [3.63, 3.8) is 0 Å². The molecule has 5 heteroatoms. The molecule has 1 amide bonds. The zero-order valence-electron chi connectivity index (χ0n) is 11.1. The maximum atomic E-state index is 12.2. The van der Waals surface area contributed by atoms with E-state index in [1.165, 1.54) is 18.2 Å². The molecule has 0 radical (unpaired) electrons. The Morgan fingerprint density at radius 3 is 2.20 bits per heavy atom. The minimum Gasteiger partial charge on any atom is -0.508 e. The molecule has 2 rings (SSSR count). The third-order valence-electron chi connectivity index (χ3n) is 2.83. The van der Waals surface area contributed by atoms with E-state index in [2.05, 4.69) is 21.2 Å². The average Bonchev–Trinajstić information content (AvgIpc) is 2.32. The van der Waals surface area contributed by atoms with Crippen LogP contribution in [0, 0.1) is 13.8 Å². The summed E-state index contributed by atoms with van der Waals surface area (Å²) in [6.07, 6.45) is 0. The van der Waals surface area contributed by atoms with Gasteiger partial charge in [-0.3, -0.25) is 4.79 Å². The van der Waals surface area contributed by atoms with Crippen molar-refractivity contribution in [2.24, 2.45) is 0 Å². The molecule has 0 unspecified atom stereocenters. The fourth-order valence-corrected chi connectivity index (χ4v) is 2.76. The molecule has 0 fully saturated rings. The van der Waals surface area contributed by atoms with Gasteiger partial charge in [0.1, 0.15) is 11.5 Å². The highest BCUT2D eigenvalue weighted by molar-refractivity contribution is 9.10. The zero-order chi connectivity index (χ0) is 14.9. The molecular formula is C15H14BrNO3. The summed E-state index contributed by atoms with van der Waals surface area (Å²) in [5.41, 5.74) is 2.87. The second kappa shape index (κ2) is 5.54. The van der Waals surface area contributed by atoms with E-state index in [0.29, 0.717) is 5.69 Å². The van der Waals surface area contributed by atoms with Crippen LogP contribution < -0.4 is 5.32 Å². The van der Waals surface area contributed by atoms with Crippen LogP contribution in [0.15, 0.2) is 34.8 Å². The molecule has 20 heavy (non-hydrogen) atoms. The lowest BCUT2D eigenvalue weighted by atomic mass is 10.1. The van der Waals surface area contributed by atoms with Crippen molar-refractivity contribution in [2.75, 3.05) is 5.32 Å².